The van der Waals surface area contributed by atoms with E-state index in [0.29, 0.717) is 44.3 Å². The lowest BCUT2D eigenvalue weighted by Crippen LogP contribution is -2.48. The van der Waals surface area contributed by atoms with Gasteiger partial charge in [-0.05, 0) is 66.6 Å². The fraction of sp³-hybridized carbons (Fsp3) is 0.345. The van der Waals surface area contributed by atoms with E-state index in [0.717, 1.165) is 11.1 Å². The molecule has 1 aliphatic rings. The largest absolute Gasteiger partial charge is 0.497 e. The van der Waals surface area contributed by atoms with Crippen LogP contribution in [0.2, 0.25) is 0 Å². The number of nitrogens with zero attached hydrogens (tertiary/aromatic N) is 3. The number of hydrogen-bond acceptors (Lipinski definition) is 8. The van der Waals surface area contributed by atoms with Crippen molar-refractivity contribution in [1.29, 1.82) is 0 Å². The van der Waals surface area contributed by atoms with Crippen molar-refractivity contribution in [3.8, 4) is 11.5 Å². The van der Waals surface area contributed by atoms with Crippen molar-refractivity contribution in [1.82, 2.24) is 19.5 Å². The van der Waals surface area contributed by atoms with Crippen molar-refractivity contribution in [3.05, 3.63) is 84.2 Å². The van der Waals surface area contributed by atoms with E-state index in [-0.39, 0.29) is 24.0 Å². The molecule has 12 heteroatoms. The number of benzene rings is 2. The summed E-state index contributed by atoms with van der Waals surface area (Å²) in [5.41, 5.74) is 1.70. The molecular formula is C29H34N4O7S. The summed E-state index contributed by atoms with van der Waals surface area (Å²) in [5, 5.41) is 2.87. The van der Waals surface area contributed by atoms with Crippen molar-refractivity contribution in [2.75, 3.05) is 40.0 Å². The Labute approximate surface area is 240 Å². The molecule has 4 rings (SSSR count). The highest BCUT2D eigenvalue weighted by Crippen LogP contribution is 2.21. The summed E-state index contributed by atoms with van der Waals surface area (Å²) < 4.78 is 43.3. The van der Waals surface area contributed by atoms with Gasteiger partial charge in [-0.25, -0.2) is 8.42 Å². The summed E-state index contributed by atoms with van der Waals surface area (Å²) in [5.74, 6) is 0.286. The van der Waals surface area contributed by atoms with Gasteiger partial charge in [-0.1, -0.05) is 12.1 Å². The van der Waals surface area contributed by atoms with E-state index >= 15 is 0 Å². The normalized spacial score (nSPS) is 14.6. The highest BCUT2D eigenvalue weighted by molar-refractivity contribution is 7.89. The summed E-state index contributed by atoms with van der Waals surface area (Å²) in [6, 6.07) is 16.0. The van der Waals surface area contributed by atoms with Crippen LogP contribution in [0.4, 0.5) is 0 Å². The second-order valence-electron chi connectivity index (χ2n) is 9.40. The van der Waals surface area contributed by atoms with Crippen molar-refractivity contribution in [3.63, 3.8) is 0 Å². The maximum Gasteiger partial charge on any atom is 0.261 e. The van der Waals surface area contributed by atoms with E-state index in [1.54, 1.807) is 50.7 Å². The number of carbonyl (C=O) groups excluding carboxylic acids is 2. The molecule has 0 radical (unpaired) electrons. The van der Waals surface area contributed by atoms with E-state index < -0.39 is 22.0 Å². The molecule has 1 fully saturated rings. The maximum absolute atomic E-state index is 13.4. The van der Waals surface area contributed by atoms with Crippen molar-refractivity contribution < 1.29 is 32.2 Å². The first-order chi connectivity index (χ1) is 19.8. The molecule has 2 heterocycles. The van der Waals surface area contributed by atoms with Crippen molar-refractivity contribution in [2.24, 2.45) is 0 Å². The molecule has 0 spiro atoms. The zero-order valence-electron chi connectivity index (χ0n) is 23.1. The molecule has 1 N–H and O–H groups in total. The average Bonchev–Trinajstić information content (AvgIpc) is 3.02. The second-order valence-corrected chi connectivity index (χ2v) is 11.3. The van der Waals surface area contributed by atoms with E-state index in [2.05, 4.69) is 10.3 Å². The molecule has 41 heavy (non-hydrogen) atoms. The Morgan fingerprint density at radius 3 is 2.24 bits per heavy atom. The zero-order valence-corrected chi connectivity index (χ0v) is 23.9. The van der Waals surface area contributed by atoms with Crippen LogP contribution in [0.5, 0.6) is 11.5 Å². The van der Waals surface area contributed by atoms with Crippen LogP contribution < -0.4 is 14.8 Å². The van der Waals surface area contributed by atoms with Crippen LogP contribution in [0.1, 0.15) is 18.1 Å². The van der Waals surface area contributed by atoms with Gasteiger partial charge < -0.3 is 24.4 Å². The molecular weight excluding hydrogens is 548 g/mol. The lowest BCUT2D eigenvalue weighted by molar-refractivity contribution is -0.142. The Balaban J connectivity index is 1.42. The lowest BCUT2D eigenvalue weighted by Gasteiger charge is -2.29. The number of amides is 2. The van der Waals surface area contributed by atoms with Crippen LogP contribution in [0, 0.1) is 0 Å². The van der Waals surface area contributed by atoms with Crippen LogP contribution in [-0.2, 0) is 37.4 Å². The van der Waals surface area contributed by atoms with Crippen LogP contribution >= 0.6 is 0 Å². The van der Waals surface area contributed by atoms with Gasteiger partial charge in [-0.3, -0.25) is 14.6 Å². The summed E-state index contributed by atoms with van der Waals surface area (Å²) in [4.78, 5) is 32.0. The SMILES string of the molecule is COc1ccc(CN(C(=O)COc2ccc(S(=O)(=O)N3CCOCC3)cc2)[C@H](C)C(=O)NCc2ccncc2)cc1. The van der Waals surface area contributed by atoms with Gasteiger partial charge in [-0.2, -0.15) is 4.31 Å². The number of morpholine rings is 1. The number of hydrogen-bond donors (Lipinski definition) is 1. The molecule has 0 unspecified atom stereocenters. The molecule has 2 amide bonds. The van der Waals surface area contributed by atoms with Crippen LogP contribution in [0.25, 0.3) is 0 Å². The van der Waals surface area contributed by atoms with Gasteiger partial charge in [0.25, 0.3) is 5.91 Å². The summed E-state index contributed by atoms with van der Waals surface area (Å²) >= 11 is 0. The Morgan fingerprint density at radius 2 is 1.61 bits per heavy atom. The number of rotatable bonds is 12. The molecule has 1 aliphatic heterocycles. The third-order valence-electron chi connectivity index (χ3n) is 6.69. The Kier molecular flexibility index (Phi) is 10.3. The molecule has 0 saturated carbocycles. The standard InChI is InChI=1S/C29H34N4O7S/c1-22(29(35)31-19-23-11-13-30-14-12-23)33(20-24-3-5-25(38-2)6-4-24)28(34)21-40-26-7-9-27(10-8-26)41(36,37)32-15-17-39-18-16-32/h3-14,22H,15-21H2,1-2H3,(H,31,35)/t22-/m1/s1. The van der Waals surface area contributed by atoms with Gasteiger partial charge in [0.15, 0.2) is 6.61 Å². The number of sulfonamides is 1. The first-order valence-corrected chi connectivity index (χ1v) is 14.6. The number of nitrogens with one attached hydrogen (secondary N) is 1. The molecule has 1 aromatic heterocycles. The van der Waals surface area contributed by atoms with Gasteiger partial charge in [0.1, 0.15) is 17.5 Å². The topological polar surface area (TPSA) is 127 Å². The predicted octanol–water partition coefficient (Wildman–Crippen LogP) is 2.22. The quantitative estimate of drug-likeness (QED) is 0.345. The average molecular weight is 583 g/mol. The number of methoxy groups -OCH3 is 1. The van der Waals surface area contributed by atoms with Gasteiger partial charge >= 0.3 is 0 Å². The van der Waals surface area contributed by atoms with E-state index in [9.17, 15) is 18.0 Å². The minimum atomic E-state index is -3.64. The molecule has 3 aromatic rings. The zero-order chi connectivity index (χ0) is 29.2. The minimum Gasteiger partial charge on any atom is -0.497 e. The molecule has 2 aromatic carbocycles. The Morgan fingerprint density at radius 1 is 0.976 bits per heavy atom. The van der Waals surface area contributed by atoms with Crippen molar-refractivity contribution >= 4 is 21.8 Å². The third-order valence-corrected chi connectivity index (χ3v) is 8.60. The van der Waals surface area contributed by atoms with Crippen LogP contribution in [0.3, 0.4) is 0 Å². The molecule has 1 saturated heterocycles. The highest BCUT2D eigenvalue weighted by atomic mass is 32.2. The molecule has 0 aliphatic carbocycles. The lowest BCUT2D eigenvalue weighted by atomic mass is 10.1. The van der Waals surface area contributed by atoms with Gasteiger partial charge in [-0.15, -0.1) is 0 Å². The van der Waals surface area contributed by atoms with E-state index in [1.165, 1.54) is 33.5 Å². The highest BCUT2D eigenvalue weighted by Gasteiger charge is 2.28. The first kappa shape index (κ1) is 30.0. The molecule has 11 nitrogen and oxygen atoms in total. The van der Waals surface area contributed by atoms with E-state index in [1.807, 2.05) is 12.1 Å². The second kappa shape index (κ2) is 14.1. The van der Waals surface area contributed by atoms with Crippen molar-refractivity contribution in [2.45, 2.75) is 31.0 Å². The molecule has 1 atom stereocenters. The first-order valence-electron chi connectivity index (χ1n) is 13.2. The number of aromatic nitrogens is 1. The number of carbonyl (C=O) groups is 2. The fourth-order valence-corrected chi connectivity index (χ4v) is 5.63. The Hall–Kier alpha value is -4.00. The van der Waals surface area contributed by atoms with Gasteiger partial charge in [0.05, 0.1) is 25.2 Å². The minimum absolute atomic E-state index is 0.138. The number of pyridine rings is 1. The predicted molar refractivity (Wildman–Crippen MR) is 151 cm³/mol. The van der Waals surface area contributed by atoms with E-state index in [4.69, 9.17) is 14.2 Å². The third kappa shape index (κ3) is 8.03. The fourth-order valence-electron chi connectivity index (χ4n) is 4.22. The number of ether oxygens (including phenoxy) is 3. The van der Waals surface area contributed by atoms with Gasteiger partial charge in [0.2, 0.25) is 15.9 Å². The summed E-state index contributed by atoms with van der Waals surface area (Å²) in [6.07, 6.45) is 3.29. The molecule has 218 valence electrons. The van der Waals surface area contributed by atoms with Gasteiger partial charge in [0, 0.05) is 38.6 Å². The summed E-state index contributed by atoms with van der Waals surface area (Å²) in [7, 11) is -2.07. The smallest absolute Gasteiger partial charge is 0.261 e. The Bertz CT molecular complexity index is 1400. The summed E-state index contributed by atoms with van der Waals surface area (Å²) in [6.45, 7) is 3.11. The van der Waals surface area contributed by atoms with Crippen LogP contribution in [0.15, 0.2) is 78.0 Å². The van der Waals surface area contributed by atoms with Crippen LogP contribution in [-0.4, -0.2) is 80.5 Å². The maximum atomic E-state index is 13.4. The molecule has 0 bridgehead atoms. The monoisotopic (exact) mass is 582 g/mol.